The molecule has 3 aromatic rings. The SMILES string of the molecule is CCCC1CN2CCCc3cccc(c32)C1n1nnc2ccccc21. The molecule has 4 heteroatoms. The molecule has 25 heavy (non-hydrogen) atoms. The second-order valence-electron chi connectivity index (χ2n) is 7.42. The zero-order valence-corrected chi connectivity index (χ0v) is 14.7. The van der Waals surface area contributed by atoms with Crippen LogP contribution in [0.2, 0.25) is 0 Å². The molecule has 0 N–H and O–H groups in total. The maximum Gasteiger partial charge on any atom is 0.113 e. The first-order valence-electron chi connectivity index (χ1n) is 9.53. The number of nitrogens with zero attached hydrogens (tertiary/aromatic N) is 4. The highest BCUT2D eigenvalue weighted by Crippen LogP contribution is 2.45. The van der Waals surface area contributed by atoms with E-state index < -0.39 is 0 Å². The molecule has 4 nitrogen and oxygen atoms in total. The van der Waals surface area contributed by atoms with E-state index in [4.69, 9.17) is 0 Å². The second-order valence-corrected chi connectivity index (χ2v) is 7.42. The summed E-state index contributed by atoms with van der Waals surface area (Å²) in [4.78, 5) is 2.63. The van der Waals surface area contributed by atoms with E-state index in [-0.39, 0.29) is 6.04 Å². The van der Waals surface area contributed by atoms with Crippen molar-refractivity contribution in [3.63, 3.8) is 0 Å². The lowest BCUT2D eigenvalue weighted by atomic mass is 9.81. The lowest BCUT2D eigenvalue weighted by Gasteiger charge is -2.44. The lowest BCUT2D eigenvalue weighted by molar-refractivity contribution is 0.315. The highest BCUT2D eigenvalue weighted by atomic mass is 15.4. The van der Waals surface area contributed by atoms with Gasteiger partial charge in [-0.05, 0) is 37.0 Å². The van der Waals surface area contributed by atoms with Gasteiger partial charge in [-0.15, -0.1) is 5.10 Å². The Morgan fingerprint density at radius 1 is 1.12 bits per heavy atom. The zero-order chi connectivity index (χ0) is 16.8. The van der Waals surface area contributed by atoms with Gasteiger partial charge in [0.15, 0.2) is 0 Å². The van der Waals surface area contributed by atoms with E-state index in [9.17, 15) is 0 Å². The Labute approximate surface area is 148 Å². The van der Waals surface area contributed by atoms with E-state index >= 15 is 0 Å². The Morgan fingerprint density at radius 3 is 2.96 bits per heavy atom. The third-order valence-corrected chi connectivity index (χ3v) is 5.86. The van der Waals surface area contributed by atoms with Crippen molar-refractivity contribution in [2.75, 3.05) is 18.0 Å². The number of anilines is 1. The van der Waals surface area contributed by atoms with Crippen LogP contribution in [0, 0.1) is 5.92 Å². The molecule has 1 aromatic heterocycles. The monoisotopic (exact) mass is 332 g/mol. The number of benzene rings is 2. The maximum absolute atomic E-state index is 4.60. The topological polar surface area (TPSA) is 34.0 Å². The summed E-state index contributed by atoms with van der Waals surface area (Å²) in [7, 11) is 0. The van der Waals surface area contributed by atoms with Gasteiger partial charge in [-0.25, -0.2) is 4.68 Å². The molecule has 128 valence electrons. The number of rotatable bonds is 3. The Bertz CT molecular complexity index is 913. The van der Waals surface area contributed by atoms with Crippen LogP contribution in [0.4, 0.5) is 5.69 Å². The first kappa shape index (κ1) is 14.9. The molecule has 0 bridgehead atoms. The first-order valence-corrected chi connectivity index (χ1v) is 9.53. The molecule has 0 spiro atoms. The summed E-state index contributed by atoms with van der Waals surface area (Å²) in [6.07, 6.45) is 4.89. The van der Waals surface area contributed by atoms with Crippen LogP contribution in [-0.4, -0.2) is 28.1 Å². The third-order valence-electron chi connectivity index (χ3n) is 5.86. The molecular formula is C21H24N4. The fourth-order valence-corrected chi connectivity index (χ4v) is 4.87. The van der Waals surface area contributed by atoms with Crippen LogP contribution >= 0.6 is 0 Å². The minimum Gasteiger partial charge on any atom is -0.371 e. The van der Waals surface area contributed by atoms with Crippen molar-refractivity contribution in [3.05, 3.63) is 53.6 Å². The van der Waals surface area contributed by atoms with Gasteiger partial charge in [-0.3, -0.25) is 0 Å². The van der Waals surface area contributed by atoms with Crippen molar-refractivity contribution >= 4 is 16.7 Å². The van der Waals surface area contributed by atoms with E-state index in [0.29, 0.717) is 5.92 Å². The minimum atomic E-state index is 0.289. The van der Waals surface area contributed by atoms with Gasteiger partial charge in [0.2, 0.25) is 0 Å². The van der Waals surface area contributed by atoms with E-state index in [1.54, 1.807) is 0 Å². The highest BCUT2D eigenvalue weighted by Gasteiger charge is 2.37. The van der Waals surface area contributed by atoms with E-state index in [0.717, 1.165) is 17.6 Å². The van der Waals surface area contributed by atoms with Crippen molar-refractivity contribution in [2.45, 2.75) is 38.6 Å². The van der Waals surface area contributed by atoms with Crippen LogP contribution in [0.3, 0.4) is 0 Å². The summed E-state index contributed by atoms with van der Waals surface area (Å²) in [6, 6.07) is 15.5. The molecule has 0 aliphatic carbocycles. The summed E-state index contributed by atoms with van der Waals surface area (Å²) in [5, 5.41) is 9.03. The standard InChI is InChI=1S/C21H24N4/c1-2-7-16-14-24-13-6-9-15-8-5-10-17(20(15)24)21(16)25-19-12-4-3-11-18(19)22-23-25/h3-5,8,10-12,16,21H,2,6-7,9,13-14H2,1H3. The van der Waals surface area contributed by atoms with Crippen molar-refractivity contribution in [2.24, 2.45) is 5.92 Å². The van der Waals surface area contributed by atoms with Gasteiger partial charge in [0, 0.05) is 30.3 Å². The Kier molecular flexibility index (Phi) is 3.51. The van der Waals surface area contributed by atoms with Crippen LogP contribution in [0.5, 0.6) is 0 Å². The Morgan fingerprint density at radius 2 is 2.04 bits per heavy atom. The Balaban J connectivity index is 1.72. The fraction of sp³-hybridized carbons (Fsp3) is 0.429. The molecule has 5 rings (SSSR count). The molecule has 2 unspecified atom stereocenters. The lowest BCUT2D eigenvalue weighted by Crippen LogP contribution is -2.43. The molecule has 2 aromatic carbocycles. The van der Waals surface area contributed by atoms with Crippen molar-refractivity contribution in [1.29, 1.82) is 0 Å². The summed E-state index contributed by atoms with van der Waals surface area (Å²) in [5.41, 5.74) is 6.57. The van der Waals surface area contributed by atoms with Crippen molar-refractivity contribution in [1.82, 2.24) is 15.0 Å². The highest BCUT2D eigenvalue weighted by molar-refractivity contribution is 5.75. The van der Waals surface area contributed by atoms with Gasteiger partial charge in [0.25, 0.3) is 0 Å². The summed E-state index contributed by atoms with van der Waals surface area (Å²) >= 11 is 0. The summed E-state index contributed by atoms with van der Waals surface area (Å²) in [6.45, 7) is 4.62. The van der Waals surface area contributed by atoms with Crippen LogP contribution in [0.15, 0.2) is 42.5 Å². The largest absolute Gasteiger partial charge is 0.371 e. The summed E-state index contributed by atoms with van der Waals surface area (Å²) in [5.74, 6) is 0.580. The van der Waals surface area contributed by atoms with Crippen LogP contribution in [0.1, 0.15) is 43.4 Å². The number of para-hydroxylation sites is 2. The molecule has 0 amide bonds. The number of hydrogen-bond acceptors (Lipinski definition) is 3. The van der Waals surface area contributed by atoms with Crippen LogP contribution in [-0.2, 0) is 6.42 Å². The molecule has 2 atom stereocenters. The van der Waals surface area contributed by atoms with Crippen LogP contribution in [0.25, 0.3) is 11.0 Å². The molecule has 0 radical (unpaired) electrons. The molecule has 0 fully saturated rings. The van der Waals surface area contributed by atoms with E-state index in [2.05, 4.69) is 63.2 Å². The van der Waals surface area contributed by atoms with E-state index in [1.807, 2.05) is 6.07 Å². The van der Waals surface area contributed by atoms with Gasteiger partial charge in [0.1, 0.15) is 5.52 Å². The van der Waals surface area contributed by atoms with Crippen molar-refractivity contribution in [3.8, 4) is 0 Å². The predicted molar refractivity (Wildman–Crippen MR) is 101 cm³/mol. The average Bonchev–Trinajstić information content (AvgIpc) is 3.06. The van der Waals surface area contributed by atoms with Crippen LogP contribution < -0.4 is 4.90 Å². The Hall–Kier alpha value is -2.36. The van der Waals surface area contributed by atoms with Gasteiger partial charge < -0.3 is 4.90 Å². The zero-order valence-electron chi connectivity index (χ0n) is 14.7. The van der Waals surface area contributed by atoms with Gasteiger partial charge in [-0.2, -0.15) is 0 Å². The fourth-order valence-electron chi connectivity index (χ4n) is 4.87. The third kappa shape index (κ3) is 2.27. The molecule has 2 aliphatic rings. The molecule has 2 aliphatic heterocycles. The minimum absolute atomic E-state index is 0.289. The first-order chi connectivity index (χ1) is 12.4. The molecule has 0 saturated heterocycles. The molecule has 0 saturated carbocycles. The van der Waals surface area contributed by atoms with E-state index in [1.165, 1.54) is 49.0 Å². The molecule has 3 heterocycles. The summed E-state index contributed by atoms with van der Waals surface area (Å²) < 4.78 is 2.19. The molecular weight excluding hydrogens is 308 g/mol. The van der Waals surface area contributed by atoms with Gasteiger partial charge in [-0.1, -0.05) is 48.9 Å². The quantitative estimate of drug-likeness (QED) is 0.721. The normalized spacial score (nSPS) is 22.2. The van der Waals surface area contributed by atoms with Crippen molar-refractivity contribution < 1.29 is 0 Å². The number of aryl methyl sites for hydroxylation is 1. The number of fused-ring (bicyclic) bond motifs is 1. The van der Waals surface area contributed by atoms with Gasteiger partial charge >= 0.3 is 0 Å². The second kappa shape index (κ2) is 5.87. The van der Waals surface area contributed by atoms with Gasteiger partial charge in [0.05, 0.1) is 11.6 Å². The number of hydrogen-bond donors (Lipinski definition) is 0. The smallest absolute Gasteiger partial charge is 0.113 e. The maximum atomic E-state index is 4.60. The average molecular weight is 332 g/mol. The number of aromatic nitrogens is 3. The predicted octanol–water partition coefficient (Wildman–Crippen LogP) is 4.20.